The summed E-state index contributed by atoms with van der Waals surface area (Å²) in [4.78, 5) is 11.0. The molecule has 1 N–H and O–H groups in total. The van der Waals surface area contributed by atoms with Gasteiger partial charge in [0.15, 0.2) is 0 Å². The highest BCUT2D eigenvalue weighted by Crippen LogP contribution is 2.70. The summed E-state index contributed by atoms with van der Waals surface area (Å²) in [5.41, 5.74) is 1.82. The third kappa shape index (κ3) is 1.37. The van der Waals surface area contributed by atoms with E-state index in [2.05, 4.69) is 0 Å². The van der Waals surface area contributed by atoms with E-state index >= 15 is 0 Å². The normalized spacial score (nSPS) is 35.3. The third-order valence-corrected chi connectivity index (χ3v) is 3.41. The molecule has 0 aliphatic heterocycles. The molecule has 78 valence electrons. The molecule has 4 heteroatoms. The minimum atomic E-state index is -0.820. The van der Waals surface area contributed by atoms with Crippen LogP contribution >= 0.6 is 23.2 Å². The number of halogens is 2. The summed E-state index contributed by atoms with van der Waals surface area (Å²) in [7, 11) is 0. The molecule has 0 aromatic rings. The first-order valence-electron chi connectivity index (χ1n) is 4.22. The van der Waals surface area contributed by atoms with Crippen LogP contribution in [0.5, 0.6) is 0 Å². The largest absolute Gasteiger partial charge is 0.481 e. The fraction of sp³-hybridized carbons (Fsp3) is 0.500. The molecular formula is C10H12Cl2O2. The molecule has 0 spiro atoms. The average Bonchev–Trinajstić information content (AvgIpc) is 2.48. The Kier molecular flexibility index (Phi) is 2.98. The van der Waals surface area contributed by atoms with Gasteiger partial charge < -0.3 is 5.11 Å². The summed E-state index contributed by atoms with van der Waals surface area (Å²) in [5, 5.41) is 9.02. The van der Waals surface area contributed by atoms with Crippen LogP contribution in [0.1, 0.15) is 13.8 Å². The Morgan fingerprint density at radius 1 is 1.29 bits per heavy atom. The second kappa shape index (κ2) is 3.59. The highest BCUT2D eigenvalue weighted by molar-refractivity contribution is 6.26. The van der Waals surface area contributed by atoms with E-state index in [1.54, 1.807) is 12.2 Å². The zero-order valence-electron chi connectivity index (χ0n) is 8.00. The second-order valence-corrected chi connectivity index (χ2v) is 4.52. The molecule has 1 unspecified atom stereocenters. The van der Waals surface area contributed by atoms with Crippen LogP contribution in [-0.4, -0.2) is 11.1 Å². The van der Waals surface area contributed by atoms with Gasteiger partial charge in [0.25, 0.3) is 0 Å². The smallest absolute Gasteiger partial charge is 0.308 e. The van der Waals surface area contributed by atoms with Crippen molar-refractivity contribution in [1.82, 2.24) is 0 Å². The summed E-state index contributed by atoms with van der Waals surface area (Å²) < 4.78 is 0. The van der Waals surface area contributed by atoms with Gasteiger partial charge in [-0.05, 0) is 5.41 Å². The van der Waals surface area contributed by atoms with E-state index in [0.717, 1.165) is 0 Å². The van der Waals surface area contributed by atoms with Gasteiger partial charge >= 0.3 is 5.97 Å². The molecule has 1 saturated carbocycles. The molecule has 1 fully saturated rings. The minimum absolute atomic E-state index is 0.338. The van der Waals surface area contributed by atoms with Crippen molar-refractivity contribution >= 4 is 29.2 Å². The first-order chi connectivity index (χ1) is 6.44. The lowest BCUT2D eigenvalue weighted by molar-refractivity contribution is -0.139. The monoisotopic (exact) mass is 234 g/mol. The van der Waals surface area contributed by atoms with E-state index in [0.29, 0.717) is 0 Å². The van der Waals surface area contributed by atoms with Crippen molar-refractivity contribution in [2.45, 2.75) is 13.8 Å². The average molecular weight is 235 g/mol. The quantitative estimate of drug-likeness (QED) is 0.815. The highest BCUT2D eigenvalue weighted by Gasteiger charge is 2.71. The molecular weight excluding hydrogens is 223 g/mol. The lowest BCUT2D eigenvalue weighted by Gasteiger charge is -2.08. The molecule has 0 amide bonds. The van der Waals surface area contributed by atoms with Crippen LogP contribution in [0, 0.1) is 16.7 Å². The lowest BCUT2D eigenvalue weighted by Crippen LogP contribution is -2.05. The SMILES string of the molecule is CC1(C)C(C(=O)O)C1(C=CCl)C=CCl. The number of aliphatic carboxylic acids is 1. The Balaban J connectivity index is 3.09. The number of hydrogen-bond acceptors (Lipinski definition) is 1. The molecule has 14 heavy (non-hydrogen) atoms. The highest BCUT2D eigenvalue weighted by atomic mass is 35.5. The van der Waals surface area contributed by atoms with Gasteiger partial charge in [-0.2, -0.15) is 0 Å². The van der Waals surface area contributed by atoms with Gasteiger partial charge in [-0.15, -0.1) is 0 Å². The van der Waals surface area contributed by atoms with E-state index in [1.807, 2.05) is 13.8 Å². The van der Waals surface area contributed by atoms with Gasteiger partial charge in [0.2, 0.25) is 0 Å². The van der Waals surface area contributed by atoms with Gasteiger partial charge in [0.05, 0.1) is 5.92 Å². The van der Waals surface area contributed by atoms with Gasteiger partial charge in [-0.1, -0.05) is 49.2 Å². The number of allylic oxidation sites excluding steroid dienone is 2. The Labute approximate surface area is 93.2 Å². The van der Waals surface area contributed by atoms with Crippen LogP contribution in [-0.2, 0) is 4.79 Å². The van der Waals surface area contributed by atoms with E-state index in [9.17, 15) is 4.79 Å². The summed E-state index contributed by atoms with van der Waals surface area (Å²) in [6.45, 7) is 3.78. The zero-order chi connectivity index (χ0) is 11.0. The van der Waals surface area contributed by atoms with Crippen molar-refractivity contribution in [3.05, 3.63) is 23.2 Å². The Morgan fingerprint density at radius 3 is 1.93 bits per heavy atom. The van der Waals surface area contributed by atoms with Gasteiger partial charge in [0, 0.05) is 16.5 Å². The molecule has 1 atom stereocenters. The van der Waals surface area contributed by atoms with Crippen molar-refractivity contribution in [2.24, 2.45) is 16.7 Å². The van der Waals surface area contributed by atoms with Gasteiger partial charge in [-0.25, -0.2) is 0 Å². The molecule has 0 heterocycles. The second-order valence-electron chi connectivity index (χ2n) is 4.01. The van der Waals surface area contributed by atoms with Gasteiger partial charge in [0.1, 0.15) is 0 Å². The number of carboxylic acid groups (broad SMARTS) is 1. The van der Waals surface area contributed by atoms with Crippen LogP contribution in [0.3, 0.4) is 0 Å². The van der Waals surface area contributed by atoms with E-state index in [4.69, 9.17) is 28.3 Å². The maximum atomic E-state index is 11.0. The predicted octanol–water partition coefficient (Wildman–Crippen LogP) is 3.22. The Bertz CT molecular complexity index is 293. The van der Waals surface area contributed by atoms with E-state index in [1.165, 1.54) is 11.1 Å². The predicted molar refractivity (Wildman–Crippen MR) is 57.3 cm³/mol. The van der Waals surface area contributed by atoms with Crippen LogP contribution in [0.4, 0.5) is 0 Å². The third-order valence-electron chi connectivity index (χ3n) is 3.16. The number of carbonyl (C=O) groups is 1. The molecule has 1 rings (SSSR count). The number of carboxylic acids is 1. The maximum absolute atomic E-state index is 11.0. The summed E-state index contributed by atoms with van der Waals surface area (Å²) in [5.74, 6) is -1.28. The first-order valence-corrected chi connectivity index (χ1v) is 5.10. The van der Waals surface area contributed by atoms with Crippen LogP contribution in [0.15, 0.2) is 23.2 Å². The van der Waals surface area contributed by atoms with Gasteiger partial charge in [-0.3, -0.25) is 4.79 Å². The first kappa shape index (κ1) is 11.6. The molecule has 1 aliphatic carbocycles. The van der Waals surface area contributed by atoms with Crippen LogP contribution < -0.4 is 0 Å². The standard InChI is InChI=1S/C10H12Cl2O2/c1-9(2)7(8(13)14)10(9,3-5-11)4-6-12/h3-7H,1-2H3,(H,13,14). The van der Waals surface area contributed by atoms with Crippen molar-refractivity contribution in [1.29, 1.82) is 0 Å². The minimum Gasteiger partial charge on any atom is -0.481 e. The molecule has 0 aromatic carbocycles. The van der Waals surface area contributed by atoms with Crippen molar-refractivity contribution in [3.8, 4) is 0 Å². The topological polar surface area (TPSA) is 37.3 Å². The molecule has 0 bridgehead atoms. The van der Waals surface area contributed by atoms with Crippen LogP contribution in [0.2, 0.25) is 0 Å². The summed E-state index contributed by atoms with van der Waals surface area (Å²) in [6, 6.07) is 0. The zero-order valence-corrected chi connectivity index (χ0v) is 9.51. The molecule has 2 nitrogen and oxygen atoms in total. The Morgan fingerprint density at radius 2 is 1.71 bits per heavy atom. The summed E-state index contributed by atoms with van der Waals surface area (Å²) in [6.07, 6.45) is 3.37. The molecule has 0 saturated heterocycles. The molecule has 0 radical (unpaired) electrons. The lowest BCUT2D eigenvalue weighted by atomic mass is 9.96. The summed E-state index contributed by atoms with van der Waals surface area (Å²) >= 11 is 11.0. The molecule has 1 aliphatic rings. The van der Waals surface area contributed by atoms with Crippen LogP contribution in [0.25, 0.3) is 0 Å². The Hall–Kier alpha value is -0.470. The fourth-order valence-corrected chi connectivity index (χ4v) is 2.65. The van der Waals surface area contributed by atoms with E-state index in [-0.39, 0.29) is 5.41 Å². The van der Waals surface area contributed by atoms with Crippen molar-refractivity contribution in [3.63, 3.8) is 0 Å². The van der Waals surface area contributed by atoms with E-state index < -0.39 is 17.3 Å². The maximum Gasteiger partial charge on any atom is 0.308 e. The number of hydrogen-bond donors (Lipinski definition) is 1. The molecule has 0 aromatic heterocycles. The van der Waals surface area contributed by atoms with Crippen molar-refractivity contribution in [2.75, 3.05) is 0 Å². The van der Waals surface area contributed by atoms with Crippen molar-refractivity contribution < 1.29 is 9.90 Å². The number of rotatable bonds is 3. The fourth-order valence-electron chi connectivity index (χ4n) is 2.23.